The van der Waals surface area contributed by atoms with Gasteiger partial charge in [0.25, 0.3) is 0 Å². The number of hydrogen-bond donors (Lipinski definition) is 2. The van der Waals surface area contributed by atoms with E-state index in [9.17, 15) is 0 Å². The third-order valence-electron chi connectivity index (χ3n) is 3.10. The molecule has 1 atom stereocenters. The van der Waals surface area contributed by atoms with E-state index in [1.165, 1.54) is 30.4 Å². The van der Waals surface area contributed by atoms with Gasteiger partial charge in [-0.25, -0.2) is 5.43 Å². The van der Waals surface area contributed by atoms with Gasteiger partial charge in [0.15, 0.2) is 0 Å². The minimum Gasteiger partial charge on any atom is -0.271 e. The van der Waals surface area contributed by atoms with Gasteiger partial charge >= 0.3 is 0 Å². The highest BCUT2D eigenvalue weighted by Crippen LogP contribution is 2.28. The molecule has 1 aromatic rings. The molecule has 0 radical (unpaired) electrons. The lowest BCUT2D eigenvalue weighted by Gasteiger charge is -2.22. The van der Waals surface area contributed by atoms with E-state index in [0.717, 1.165) is 12.1 Å². The molecule has 1 aliphatic carbocycles. The third kappa shape index (κ3) is 2.49. The first-order valence-electron chi connectivity index (χ1n) is 5.89. The van der Waals surface area contributed by atoms with E-state index in [2.05, 4.69) is 29.5 Å². The summed E-state index contributed by atoms with van der Waals surface area (Å²) in [7, 11) is 0. The lowest BCUT2D eigenvalue weighted by atomic mass is 9.92. The second kappa shape index (κ2) is 5.23. The predicted octanol–water partition coefficient (Wildman–Crippen LogP) is 2.39. The van der Waals surface area contributed by atoms with Crippen LogP contribution in [0.1, 0.15) is 43.0 Å². The highest BCUT2D eigenvalue weighted by Gasteiger charge is 2.17. The number of hydrazine groups is 1. The van der Waals surface area contributed by atoms with Crippen molar-refractivity contribution in [3.8, 4) is 0 Å². The smallest absolute Gasteiger partial charge is 0.0841 e. The van der Waals surface area contributed by atoms with Crippen molar-refractivity contribution < 1.29 is 0 Å². The molecule has 0 aliphatic heterocycles. The first kappa shape index (κ1) is 11.3. The summed E-state index contributed by atoms with van der Waals surface area (Å²) in [5, 5.41) is 0. The summed E-state index contributed by atoms with van der Waals surface area (Å²) in [5.41, 5.74) is 6.51. The number of nitrogens with two attached hydrogens (primary N) is 1. The summed E-state index contributed by atoms with van der Waals surface area (Å²) in [4.78, 5) is 4.40. The Labute approximate surface area is 96.7 Å². The van der Waals surface area contributed by atoms with Crippen LogP contribution in [0.5, 0.6) is 0 Å². The van der Waals surface area contributed by atoms with Gasteiger partial charge in [-0.3, -0.25) is 10.8 Å². The molecule has 2 rings (SSSR count). The van der Waals surface area contributed by atoms with Gasteiger partial charge in [-0.15, -0.1) is 0 Å². The molecule has 3 nitrogen and oxygen atoms in total. The van der Waals surface area contributed by atoms with Crippen molar-refractivity contribution in [2.75, 3.05) is 0 Å². The lowest BCUT2D eigenvalue weighted by molar-refractivity contribution is 0.555. The molecule has 0 saturated carbocycles. The van der Waals surface area contributed by atoms with Crippen LogP contribution in [0.2, 0.25) is 0 Å². The van der Waals surface area contributed by atoms with Crippen LogP contribution >= 0.6 is 0 Å². The van der Waals surface area contributed by atoms with Gasteiger partial charge in [0.2, 0.25) is 0 Å². The predicted molar refractivity (Wildman–Crippen MR) is 65.6 cm³/mol. The third-order valence-corrected chi connectivity index (χ3v) is 3.10. The highest BCUT2D eigenvalue weighted by atomic mass is 15.2. The summed E-state index contributed by atoms with van der Waals surface area (Å²) < 4.78 is 0. The van der Waals surface area contributed by atoms with Crippen molar-refractivity contribution in [1.29, 1.82) is 0 Å². The fourth-order valence-corrected chi connectivity index (χ4v) is 2.22. The first-order chi connectivity index (χ1) is 7.81. The van der Waals surface area contributed by atoms with Crippen molar-refractivity contribution in [2.45, 2.75) is 38.6 Å². The topological polar surface area (TPSA) is 50.9 Å². The van der Waals surface area contributed by atoms with Crippen LogP contribution in [0, 0.1) is 6.92 Å². The van der Waals surface area contributed by atoms with E-state index in [0.29, 0.717) is 0 Å². The van der Waals surface area contributed by atoms with Gasteiger partial charge in [-0.05, 0) is 50.3 Å². The van der Waals surface area contributed by atoms with Crippen molar-refractivity contribution in [2.24, 2.45) is 5.84 Å². The molecule has 0 aromatic carbocycles. The van der Waals surface area contributed by atoms with Crippen molar-refractivity contribution in [1.82, 2.24) is 10.4 Å². The Morgan fingerprint density at radius 2 is 2.31 bits per heavy atom. The molecular formula is C13H19N3. The van der Waals surface area contributed by atoms with Crippen LogP contribution in [0.25, 0.3) is 0 Å². The molecule has 86 valence electrons. The standard InChI is InChI=1S/C13H19N3/c1-10-7-8-15-12(9-10)13(16-14)11-5-3-2-4-6-11/h5,7-9,13,16H,2-4,6,14H2,1H3. The lowest BCUT2D eigenvalue weighted by Crippen LogP contribution is -2.30. The Morgan fingerprint density at radius 3 is 2.94 bits per heavy atom. The van der Waals surface area contributed by atoms with E-state index in [-0.39, 0.29) is 6.04 Å². The van der Waals surface area contributed by atoms with E-state index >= 15 is 0 Å². The Morgan fingerprint density at radius 1 is 1.44 bits per heavy atom. The van der Waals surface area contributed by atoms with Crippen molar-refractivity contribution in [3.63, 3.8) is 0 Å². The maximum Gasteiger partial charge on any atom is 0.0841 e. The van der Waals surface area contributed by atoms with Crippen LogP contribution in [0.4, 0.5) is 0 Å². The Kier molecular flexibility index (Phi) is 3.70. The molecule has 1 unspecified atom stereocenters. The normalized spacial score (nSPS) is 18.0. The van der Waals surface area contributed by atoms with Gasteiger partial charge < -0.3 is 0 Å². The molecule has 0 bridgehead atoms. The van der Waals surface area contributed by atoms with Crippen LogP contribution in [-0.4, -0.2) is 4.98 Å². The zero-order valence-electron chi connectivity index (χ0n) is 9.74. The molecule has 1 heterocycles. The Balaban J connectivity index is 2.25. The van der Waals surface area contributed by atoms with Gasteiger partial charge in [0.1, 0.15) is 0 Å². The number of rotatable bonds is 3. The number of allylic oxidation sites excluding steroid dienone is 1. The number of aromatic nitrogens is 1. The highest BCUT2D eigenvalue weighted by molar-refractivity contribution is 5.26. The van der Waals surface area contributed by atoms with Crippen LogP contribution < -0.4 is 11.3 Å². The zero-order chi connectivity index (χ0) is 11.4. The van der Waals surface area contributed by atoms with Gasteiger partial charge in [-0.2, -0.15) is 0 Å². The molecular weight excluding hydrogens is 198 g/mol. The van der Waals surface area contributed by atoms with E-state index in [1.54, 1.807) is 0 Å². The summed E-state index contributed by atoms with van der Waals surface area (Å²) in [6, 6.07) is 4.19. The fourth-order valence-electron chi connectivity index (χ4n) is 2.22. The number of pyridine rings is 1. The average Bonchev–Trinajstić information content (AvgIpc) is 2.31. The summed E-state index contributed by atoms with van der Waals surface area (Å²) in [5.74, 6) is 5.65. The van der Waals surface area contributed by atoms with Gasteiger partial charge in [0, 0.05) is 6.20 Å². The SMILES string of the molecule is Cc1ccnc(C(NN)C2=CCCCC2)c1. The molecule has 0 saturated heterocycles. The van der Waals surface area contributed by atoms with Crippen molar-refractivity contribution in [3.05, 3.63) is 41.2 Å². The minimum absolute atomic E-state index is 0.0835. The van der Waals surface area contributed by atoms with Crippen LogP contribution in [0.3, 0.4) is 0 Å². The largest absolute Gasteiger partial charge is 0.271 e. The quantitative estimate of drug-likeness (QED) is 0.464. The molecule has 3 N–H and O–H groups in total. The maximum atomic E-state index is 5.65. The second-order valence-corrected chi connectivity index (χ2v) is 4.38. The molecule has 1 aliphatic rings. The summed E-state index contributed by atoms with van der Waals surface area (Å²) in [6.07, 6.45) is 9.00. The van der Waals surface area contributed by atoms with Gasteiger partial charge in [0.05, 0.1) is 11.7 Å². The molecule has 1 aromatic heterocycles. The molecule has 16 heavy (non-hydrogen) atoms. The maximum absolute atomic E-state index is 5.65. The first-order valence-corrected chi connectivity index (χ1v) is 5.89. The number of nitrogens with one attached hydrogen (secondary N) is 1. The molecule has 0 amide bonds. The van der Waals surface area contributed by atoms with Crippen molar-refractivity contribution >= 4 is 0 Å². The molecule has 3 heteroatoms. The minimum atomic E-state index is 0.0835. The summed E-state index contributed by atoms with van der Waals surface area (Å²) in [6.45, 7) is 2.08. The monoisotopic (exact) mass is 217 g/mol. The molecule has 0 fully saturated rings. The fraction of sp³-hybridized carbons (Fsp3) is 0.462. The molecule has 0 spiro atoms. The average molecular weight is 217 g/mol. The van der Waals surface area contributed by atoms with E-state index in [4.69, 9.17) is 5.84 Å². The number of nitrogens with zero attached hydrogens (tertiary/aromatic N) is 1. The van der Waals surface area contributed by atoms with Gasteiger partial charge in [-0.1, -0.05) is 11.6 Å². The zero-order valence-corrected chi connectivity index (χ0v) is 9.74. The van der Waals surface area contributed by atoms with Crippen LogP contribution in [-0.2, 0) is 0 Å². The summed E-state index contributed by atoms with van der Waals surface area (Å²) >= 11 is 0. The van der Waals surface area contributed by atoms with Crippen LogP contribution in [0.15, 0.2) is 30.0 Å². The second-order valence-electron chi connectivity index (χ2n) is 4.38. The van der Waals surface area contributed by atoms with E-state index < -0.39 is 0 Å². The Bertz CT molecular complexity index is 385. The number of hydrogen-bond acceptors (Lipinski definition) is 3. The Hall–Kier alpha value is -1.19. The van der Waals surface area contributed by atoms with E-state index in [1.807, 2.05) is 12.3 Å². The number of aryl methyl sites for hydroxylation is 1.